The second kappa shape index (κ2) is 6.98. The van der Waals surface area contributed by atoms with Crippen LogP contribution in [0.1, 0.15) is 31.0 Å². The molecule has 0 radical (unpaired) electrons. The molecule has 3 heterocycles. The fraction of sp³-hybridized carbons (Fsp3) is 0.474. The van der Waals surface area contributed by atoms with Crippen molar-refractivity contribution in [2.45, 2.75) is 37.3 Å². The van der Waals surface area contributed by atoms with Gasteiger partial charge in [0.05, 0.1) is 24.0 Å². The van der Waals surface area contributed by atoms with Crippen LogP contribution in [0.3, 0.4) is 0 Å². The Balaban J connectivity index is 1.45. The van der Waals surface area contributed by atoms with E-state index >= 15 is 0 Å². The van der Waals surface area contributed by atoms with Gasteiger partial charge < -0.3 is 20.3 Å². The first-order valence-electron chi connectivity index (χ1n) is 9.01. The zero-order valence-electron chi connectivity index (χ0n) is 14.2. The third-order valence-corrected chi connectivity index (χ3v) is 5.21. The van der Waals surface area contributed by atoms with Gasteiger partial charge in [0.2, 0.25) is 5.91 Å². The molecule has 132 valence electrons. The van der Waals surface area contributed by atoms with E-state index < -0.39 is 6.10 Å². The third kappa shape index (κ3) is 3.45. The lowest BCUT2D eigenvalue weighted by Gasteiger charge is -2.33. The van der Waals surface area contributed by atoms with E-state index in [0.717, 1.165) is 36.5 Å². The number of aliphatic hydroxyl groups is 1. The fourth-order valence-electron chi connectivity index (χ4n) is 3.83. The minimum Gasteiger partial charge on any atom is -0.392 e. The maximum Gasteiger partial charge on any atom is 0.239 e. The third-order valence-electron chi connectivity index (χ3n) is 5.21. The zero-order valence-corrected chi connectivity index (χ0v) is 14.2. The van der Waals surface area contributed by atoms with Crippen molar-refractivity contribution in [1.82, 2.24) is 20.2 Å². The number of nitrogens with zero attached hydrogens (tertiary/aromatic N) is 2. The molecule has 0 bridgehead atoms. The standard InChI is InChI=1S/C19H24N4O2/c24-15-9-16(20-10-15)19(25)23-8-4-7-14(12-23)18-21-11-17(22-18)13-5-2-1-3-6-13/h1-3,5-6,11,14-16,20,24H,4,7-10,12H2,(H,21,22)/t14-,15+,16-/m0/s1. The Morgan fingerprint density at radius 3 is 2.88 bits per heavy atom. The van der Waals surface area contributed by atoms with Gasteiger partial charge in [-0.1, -0.05) is 30.3 Å². The predicted octanol–water partition coefficient (Wildman–Crippen LogP) is 1.51. The predicted molar refractivity (Wildman–Crippen MR) is 95.0 cm³/mol. The van der Waals surface area contributed by atoms with Crippen LogP contribution < -0.4 is 5.32 Å². The lowest BCUT2D eigenvalue weighted by molar-refractivity contribution is -0.134. The highest BCUT2D eigenvalue weighted by Crippen LogP contribution is 2.28. The number of carbonyl (C=O) groups is 1. The van der Waals surface area contributed by atoms with Gasteiger partial charge in [0.25, 0.3) is 0 Å². The number of amides is 1. The van der Waals surface area contributed by atoms with Crippen molar-refractivity contribution >= 4 is 5.91 Å². The van der Waals surface area contributed by atoms with Crippen molar-refractivity contribution in [3.63, 3.8) is 0 Å². The van der Waals surface area contributed by atoms with Crippen LogP contribution in [0.15, 0.2) is 36.5 Å². The molecule has 2 fully saturated rings. The van der Waals surface area contributed by atoms with E-state index in [1.165, 1.54) is 0 Å². The van der Waals surface area contributed by atoms with Gasteiger partial charge in [-0.05, 0) is 24.8 Å². The Morgan fingerprint density at radius 2 is 2.12 bits per heavy atom. The Bertz CT molecular complexity index is 730. The number of hydrogen-bond donors (Lipinski definition) is 3. The molecular formula is C19H24N4O2. The van der Waals surface area contributed by atoms with Crippen molar-refractivity contribution in [3.8, 4) is 11.3 Å². The van der Waals surface area contributed by atoms with E-state index in [-0.39, 0.29) is 17.9 Å². The summed E-state index contributed by atoms with van der Waals surface area (Å²) in [5, 5.41) is 12.8. The van der Waals surface area contributed by atoms with E-state index in [1.54, 1.807) is 0 Å². The minimum absolute atomic E-state index is 0.107. The molecule has 6 heteroatoms. The Kier molecular flexibility index (Phi) is 4.55. The molecule has 1 aromatic carbocycles. The summed E-state index contributed by atoms with van der Waals surface area (Å²) in [6.45, 7) is 1.98. The maximum absolute atomic E-state index is 12.7. The number of carbonyl (C=O) groups excluding carboxylic acids is 1. The number of rotatable bonds is 3. The van der Waals surface area contributed by atoms with Crippen molar-refractivity contribution < 1.29 is 9.90 Å². The van der Waals surface area contributed by atoms with Crippen molar-refractivity contribution in [3.05, 3.63) is 42.4 Å². The number of aromatic amines is 1. The SMILES string of the molecule is O=C([C@@H]1C[C@@H](O)CN1)N1CCC[C@H](c2ncc(-c3ccccc3)[nH]2)C1. The average Bonchev–Trinajstić information content (AvgIpc) is 3.31. The van der Waals surface area contributed by atoms with Crippen LogP contribution in [-0.2, 0) is 4.79 Å². The number of β-amino-alcohol motifs (C(OH)–C–C–N with tert-alkyl or cyclic N) is 1. The normalized spacial score (nSPS) is 26.8. The lowest BCUT2D eigenvalue weighted by atomic mass is 9.96. The summed E-state index contributed by atoms with van der Waals surface area (Å²) in [6, 6.07) is 9.90. The molecule has 1 amide bonds. The van der Waals surface area contributed by atoms with Crippen LogP contribution in [0.4, 0.5) is 0 Å². The molecule has 2 saturated heterocycles. The molecule has 3 N–H and O–H groups in total. The molecule has 0 aliphatic carbocycles. The van der Waals surface area contributed by atoms with E-state index in [1.807, 2.05) is 29.3 Å². The molecule has 1 aromatic heterocycles. The van der Waals surface area contributed by atoms with Gasteiger partial charge in [-0.3, -0.25) is 4.79 Å². The molecule has 25 heavy (non-hydrogen) atoms. The molecule has 2 aliphatic heterocycles. The van der Waals surface area contributed by atoms with Crippen molar-refractivity contribution in [1.29, 1.82) is 0 Å². The van der Waals surface area contributed by atoms with Gasteiger partial charge in [0.1, 0.15) is 5.82 Å². The Labute approximate surface area is 147 Å². The summed E-state index contributed by atoms with van der Waals surface area (Å²) < 4.78 is 0. The smallest absolute Gasteiger partial charge is 0.239 e. The van der Waals surface area contributed by atoms with Gasteiger partial charge >= 0.3 is 0 Å². The summed E-state index contributed by atoms with van der Waals surface area (Å²) in [5.74, 6) is 1.30. The van der Waals surface area contributed by atoms with E-state index in [2.05, 4.69) is 27.4 Å². The number of hydrogen-bond acceptors (Lipinski definition) is 4. The van der Waals surface area contributed by atoms with Crippen LogP contribution in [0.2, 0.25) is 0 Å². The molecule has 0 saturated carbocycles. The first kappa shape index (κ1) is 16.3. The van der Waals surface area contributed by atoms with Gasteiger partial charge in [-0.25, -0.2) is 4.98 Å². The largest absolute Gasteiger partial charge is 0.392 e. The highest BCUT2D eigenvalue weighted by atomic mass is 16.3. The maximum atomic E-state index is 12.7. The van der Waals surface area contributed by atoms with Crippen LogP contribution in [0.5, 0.6) is 0 Å². The van der Waals surface area contributed by atoms with Crippen LogP contribution >= 0.6 is 0 Å². The number of imidazole rings is 1. The van der Waals surface area contributed by atoms with E-state index in [0.29, 0.717) is 19.5 Å². The van der Waals surface area contributed by atoms with Gasteiger partial charge in [-0.15, -0.1) is 0 Å². The Hall–Kier alpha value is -2.18. The van der Waals surface area contributed by atoms with Gasteiger partial charge in [-0.2, -0.15) is 0 Å². The topological polar surface area (TPSA) is 81.2 Å². The van der Waals surface area contributed by atoms with Crippen LogP contribution in [-0.4, -0.2) is 57.7 Å². The average molecular weight is 340 g/mol. The molecule has 2 aliphatic rings. The zero-order chi connectivity index (χ0) is 17.2. The highest BCUT2D eigenvalue weighted by Gasteiger charge is 2.34. The second-order valence-corrected chi connectivity index (χ2v) is 7.02. The number of benzene rings is 1. The number of aromatic nitrogens is 2. The molecule has 3 atom stereocenters. The van der Waals surface area contributed by atoms with Gasteiger partial charge in [0, 0.05) is 25.6 Å². The monoisotopic (exact) mass is 340 g/mol. The minimum atomic E-state index is -0.409. The number of H-pyrrole nitrogens is 1. The number of likely N-dealkylation sites (tertiary alicyclic amines) is 1. The molecule has 0 spiro atoms. The second-order valence-electron chi connectivity index (χ2n) is 7.02. The lowest BCUT2D eigenvalue weighted by Crippen LogP contribution is -2.47. The number of nitrogens with one attached hydrogen (secondary N) is 2. The fourth-order valence-corrected chi connectivity index (χ4v) is 3.83. The summed E-state index contributed by atoms with van der Waals surface area (Å²) in [4.78, 5) is 22.6. The van der Waals surface area contributed by atoms with Crippen molar-refractivity contribution in [2.24, 2.45) is 0 Å². The van der Waals surface area contributed by atoms with Crippen LogP contribution in [0.25, 0.3) is 11.3 Å². The summed E-state index contributed by atoms with van der Waals surface area (Å²) in [6.07, 6.45) is 3.99. The molecular weight excluding hydrogens is 316 g/mol. The quantitative estimate of drug-likeness (QED) is 0.791. The van der Waals surface area contributed by atoms with E-state index in [9.17, 15) is 9.90 Å². The molecule has 2 aromatic rings. The summed E-state index contributed by atoms with van der Waals surface area (Å²) >= 11 is 0. The summed E-state index contributed by atoms with van der Waals surface area (Å²) in [5.41, 5.74) is 2.13. The molecule has 0 unspecified atom stereocenters. The number of aliphatic hydroxyl groups excluding tert-OH is 1. The van der Waals surface area contributed by atoms with Crippen molar-refractivity contribution in [2.75, 3.05) is 19.6 Å². The first-order chi connectivity index (χ1) is 12.2. The van der Waals surface area contributed by atoms with Crippen LogP contribution in [0, 0.1) is 0 Å². The Morgan fingerprint density at radius 1 is 1.28 bits per heavy atom. The van der Waals surface area contributed by atoms with Gasteiger partial charge in [0.15, 0.2) is 0 Å². The first-order valence-corrected chi connectivity index (χ1v) is 9.01. The van der Waals surface area contributed by atoms with E-state index in [4.69, 9.17) is 0 Å². The highest BCUT2D eigenvalue weighted by molar-refractivity contribution is 5.82. The summed E-state index contributed by atoms with van der Waals surface area (Å²) in [7, 11) is 0. The number of piperidine rings is 1. The molecule has 4 rings (SSSR count). The molecule has 6 nitrogen and oxygen atoms in total.